The van der Waals surface area contributed by atoms with Crippen molar-refractivity contribution in [3.8, 4) is 0 Å². The number of hydrogen-bond acceptors (Lipinski definition) is 4. The van der Waals surface area contributed by atoms with Crippen LogP contribution in [0.1, 0.15) is 85.5 Å². The van der Waals surface area contributed by atoms with Crippen LogP contribution in [-0.2, 0) is 0 Å². The monoisotopic (exact) mass is 808 g/mol. The molecule has 0 bridgehead atoms. The Labute approximate surface area is 348 Å². The van der Waals surface area contributed by atoms with Gasteiger partial charge in [-0.05, 0) is 111 Å². The van der Waals surface area contributed by atoms with Crippen molar-refractivity contribution in [2.24, 2.45) is 0 Å². The third-order valence-electron chi connectivity index (χ3n) is 9.33. The van der Waals surface area contributed by atoms with Crippen LogP contribution in [0.25, 0.3) is 0 Å². The second-order valence-corrected chi connectivity index (χ2v) is 14.1. The minimum Gasteiger partial charge on any atom is -0.363 e. The summed E-state index contributed by atoms with van der Waals surface area (Å²) < 4.78 is 0. The first-order valence-electron chi connectivity index (χ1n) is 19.4. The van der Waals surface area contributed by atoms with E-state index in [-0.39, 0.29) is 24.8 Å². The number of unbranched alkanes of at least 4 members (excludes halogenated alkanes) is 3. The van der Waals surface area contributed by atoms with Crippen molar-refractivity contribution < 1.29 is 0 Å². The van der Waals surface area contributed by atoms with E-state index < -0.39 is 0 Å². The van der Waals surface area contributed by atoms with Gasteiger partial charge in [0.15, 0.2) is 10.2 Å². The molecule has 54 heavy (non-hydrogen) atoms. The van der Waals surface area contributed by atoms with E-state index >= 15 is 0 Å². The molecule has 0 aromatic heterocycles. The van der Waals surface area contributed by atoms with E-state index in [0.29, 0.717) is 11.8 Å². The van der Waals surface area contributed by atoms with Gasteiger partial charge in [-0.15, -0.1) is 24.8 Å². The molecule has 0 saturated carbocycles. The predicted molar refractivity (Wildman–Crippen MR) is 244 cm³/mol. The molecule has 4 aromatic rings. The maximum absolute atomic E-state index is 5.54. The van der Waals surface area contributed by atoms with Gasteiger partial charge in [-0.2, -0.15) is 0 Å². The molecule has 6 nitrogen and oxygen atoms in total. The lowest BCUT2D eigenvalue weighted by Crippen LogP contribution is -2.37. The number of rotatable bonds is 25. The summed E-state index contributed by atoms with van der Waals surface area (Å²) in [4.78, 5) is 0. The van der Waals surface area contributed by atoms with Gasteiger partial charge < -0.3 is 31.9 Å². The SMILES string of the molecule is Cl.Cl.S=C(NCCCNCCCCCCNCCCNC(=S)NCCC(c1ccccc1)c1ccccc1)NCCC(c1ccccc1)c1ccccc1. The molecule has 0 fully saturated rings. The highest BCUT2D eigenvalue weighted by Crippen LogP contribution is 2.28. The second-order valence-electron chi connectivity index (χ2n) is 13.3. The summed E-state index contributed by atoms with van der Waals surface area (Å²) >= 11 is 11.1. The molecule has 0 spiro atoms. The van der Waals surface area contributed by atoms with Crippen LogP contribution in [-0.4, -0.2) is 62.6 Å². The molecule has 0 heterocycles. The Morgan fingerprint density at radius 2 is 0.630 bits per heavy atom. The largest absolute Gasteiger partial charge is 0.363 e. The normalized spacial score (nSPS) is 10.6. The van der Waals surface area contributed by atoms with E-state index in [0.717, 1.165) is 88.3 Å². The van der Waals surface area contributed by atoms with Crippen LogP contribution in [0.3, 0.4) is 0 Å². The maximum atomic E-state index is 5.54. The predicted octanol–water partition coefficient (Wildman–Crippen LogP) is 8.72. The van der Waals surface area contributed by atoms with Crippen molar-refractivity contribution in [1.29, 1.82) is 0 Å². The number of hydrogen-bond donors (Lipinski definition) is 6. The van der Waals surface area contributed by atoms with Gasteiger partial charge in [0.25, 0.3) is 0 Å². The molecule has 294 valence electrons. The first-order chi connectivity index (χ1) is 25.7. The molecule has 0 aliphatic carbocycles. The Kier molecular flexibility index (Phi) is 26.1. The first-order valence-corrected chi connectivity index (χ1v) is 20.2. The quantitative estimate of drug-likeness (QED) is 0.0294. The zero-order chi connectivity index (χ0) is 36.3. The Bertz CT molecular complexity index is 1310. The number of nitrogens with one attached hydrogen (secondary N) is 6. The van der Waals surface area contributed by atoms with Crippen molar-refractivity contribution in [2.45, 2.75) is 63.2 Å². The van der Waals surface area contributed by atoms with Crippen LogP contribution in [0, 0.1) is 0 Å². The van der Waals surface area contributed by atoms with Gasteiger partial charge >= 0.3 is 0 Å². The highest BCUT2D eigenvalue weighted by atomic mass is 35.5. The van der Waals surface area contributed by atoms with Gasteiger partial charge in [0.2, 0.25) is 0 Å². The van der Waals surface area contributed by atoms with Gasteiger partial charge in [-0.3, -0.25) is 0 Å². The lowest BCUT2D eigenvalue weighted by atomic mass is 9.88. The number of benzene rings is 4. The molecule has 0 unspecified atom stereocenters. The molecule has 0 amide bonds. The molecular weight excluding hydrogens is 748 g/mol. The molecule has 0 radical (unpaired) electrons. The van der Waals surface area contributed by atoms with Crippen molar-refractivity contribution >= 4 is 59.5 Å². The van der Waals surface area contributed by atoms with Gasteiger partial charge in [0.1, 0.15) is 0 Å². The molecular formula is C44H62Cl2N6S2. The lowest BCUT2D eigenvalue weighted by molar-refractivity contribution is 0.551. The smallest absolute Gasteiger partial charge is 0.166 e. The van der Waals surface area contributed by atoms with Crippen LogP contribution in [0.4, 0.5) is 0 Å². The zero-order valence-corrected chi connectivity index (χ0v) is 34.9. The van der Waals surface area contributed by atoms with Crippen molar-refractivity contribution in [2.75, 3.05) is 52.4 Å². The molecule has 0 aliphatic heterocycles. The fourth-order valence-electron chi connectivity index (χ4n) is 6.51. The summed E-state index contributed by atoms with van der Waals surface area (Å²) in [6.07, 6.45) is 9.08. The standard InChI is InChI=1S/C44H60N6S2.2ClH/c51-43(49-35-27-41(37-19-7-3-8-20-37)38-21-9-4-10-22-38)47-33-17-31-45-29-15-1-2-16-30-46-32-18-34-48-44(52)50-36-28-42(39-23-11-5-12-24-39)40-25-13-6-14-26-40;;/h3-14,19-26,41-42,45-46H,1-2,15-18,27-36H2,(H2,47,49,51)(H2,48,50,52);2*1H. The molecule has 0 aliphatic rings. The Morgan fingerprint density at radius 1 is 0.352 bits per heavy atom. The first kappa shape index (κ1) is 46.9. The summed E-state index contributed by atoms with van der Waals surface area (Å²) in [5.41, 5.74) is 5.37. The second kappa shape index (κ2) is 30.0. The Balaban J connectivity index is 0.00000504. The third kappa shape index (κ3) is 19.4. The third-order valence-corrected chi connectivity index (χ3v) is 9.91. The van der Waals surface area contributed by atoms with Gasteiger partial charge in [-0.25, -0.2) is 0 Å². The van der Waals surface area contributed by atoms with Crippen molar-refractivity contribution in [3.63, 3.8) is 0 Å². The van der Waals surface area contributed by atoms with E-state index in [2.05, 4.69) is 153 Å². The van der Waals surface area contributed by atoms with Crippen molar-refractivity contribution in [3.05, 3.63) is 144 Å². The molecule has 4 aromatic carbocycles. The van der Waals surface area contributed by atoms with E-state index in [4.69, 9.17) is 24.4 Å². The highest BCUT2D eigenvalue weighted by molar-refractivity contribution is 7.80. The van der Waals surface area contributed by atoms with Gasteiger partial charge in [0.05, 0.1) is 0 Å². The van der Waals surface area contributed by atoms with Crippen LogP contribution in [0.5, 0.6) is 0 Å². The lowest BCUT2D eigenvalue weighted by Gasteiger charge is -2.19. The molecule has 10 heteroatoms. The van der Waals surface area contributed by atoms with E-state index in [9.17, 15) is 0 Å². The minimum absolute atomic E-state index is 0. The Morgan fingerprint density at radius 3 is 0.944 bits per heavy atom. The van der Waals surface area contributed by atoms with E-state index in [1.165, 1.54) is 47.9 Å². The van der Waals surface area contributed by atoms with E-state index in [1.54, 1.807) is 0 Å². The van der Waals surface area contributed by atoms with Crippen LogP contribution >= 0.6 is 49.2 Å². The maximum Gasteiger partial charge on any atom is 0.166 e. The van der Waals surface area contributed by atoms with E-state index in [1.807, 2.05) is 0 Å². The summed E-state index contributed by atoms with van der Waals surface area (Å²) in [6.45, 7) is 7.62. The molecule has 4 rings (SSSR count). The summed E-state index contributed by atoms with van der Waals surface area (Å²) in [7, 11) is 0. The summed E-state index contributed by atoms with van der Waals surface area (Å²) in [5.74, 6) is 0.713. The molecule has 0 saturated heterocycles. The average Bonchev–Trinajstić information content (AvgIpc) is 3.19. The van der Waals surface area contributed by atoms with Crippen LogP contribution in [0.2, 0.25) is 0 Å². The highest BCUT2D eigenvalue weighted by Gasteiger charge is 2.15. The topological polar surface area (TPSA) is 72.2 Å². The summed E-state index contributed by atoms with van der Waals surface area (Å²) in [6, 6.07) is 42.9. The van der Waals surface area contributed by atoms with Gasteiger partial charge in [-0.1, -0.05) is 134 Å². The van der Waals surface area contributed by atoms with Crippen LogP contribution in [0.15, 0.2) is 121 Å². The molecule has 6 N–H and O–H groups in total. The molecule has 0 atom stereocenters. The Hall–Kier alpha value is -3.24. The zero-order valence-electron chi connectivity index (χ0n) is 31.6. The van der Waals surface area contributed by atoms with Crippen molar-refractivity contribution in [1.82, 2.24) is 31.9 Å². The van der Waals surface area contributed by atoms with Crippen LogP contribution < -0.4 is 31.9 Å². The number of thiocarbonyl (C=S) groups is 2. The summed E-state index contributed by atoms with van der Waals surface area (Å²) in [5, 5.41) is 22.2. The fraction of sp³-hybridized carbons (Fsp3) is 0.409. The minimum atomic E-state index is 0. The number of halogens is 2. The van der Waals surface area contributed by atoms with Gasteiger partial charge in [0, 0.05) is 38.0 Å². The average molecular weight is 810 g/mol. The fourth-order valence-corrected chi connectivity index (χ4v) is 6.92.